The summed E-state index contributed by atoms with van der Waals surface area (Å²) < 4.78 is 12.2. The third-order valence-corrected chi connectivity index (χ3v) is 4.77. The lowest BCUT2D eigenvalue weighted by molar-refractivity contribution is -0.967. The highest BCUT2D eigenvalue weighted by Gasteiger charge is 2.42. The first kappa shape index (κ1) is 16.8. The van der Waals surface area contributed by atoms with E-state index in [0.717, 1.165) is 12.8 Å². The van der Waals surface area contributed by atoms with Crippen molar-refractivity contribution in [1.29, 1.82) is 0 Å². The van der Waals surface area contributed by atoms with Crippen LogP contribution in [0.3, 0.4) is 0 Å². The summed E-state index contributed by atoms with van der Waals surface area (Å²) in [6.07, 6.45) is 1.14. The fourth-order valence-corrected chi connectivity index (χ4v) is 3.01. The molecule has 4 atom stereocenters. The van der Waals surface area contributed by atoms with E-state index >= 15 is 0 Å². The van der Waals surface area contributed by atoms with Gasteiger partial charge in [-0.2, -0.15) is 0 Å². The van der Waals surface area contributed by atoms with Crippen molar-refractivity contribution in [3.8, 4) is 0 Å². The maximum absolute atomic E-state index is 8.64. The van der Waals surface area contributed by atoms with Crippen LogP contribution in [0.5, 0.6) is 0 Å². The van der Waals surface area contributed by atoms with Gasteiger partial charge in [0.25, 0.3) is 0 Å². The predicted octanol–water partition coefficient (Wildman–Crippen LogP) is 3.61. The van der Waals surface area contributed by atoms with Crippen molar-refractivity contribution < 1.29 is 14.0 Å². The van der Waals surface area contributed by atoms with Crippen LogP contribution in [-0.4, -0.2) is 44.2 Å². The number of rotatable bonds is 5. The van der Waals surface area contributed by atoms with Gasteiger partial charge >= 0.3 is 0 Å². The van der Waals surface area contributed by atoms with Gasteiger partial charge in [0.05, 0.1) is 20.1 Å². The van der Waals surface area contributed by atoms with E-state index in [-0.39, 0.29) is 12.3 Å². The highest BCUT2D eigenvalue weighted by Crippen LogP contribution is 2.34. The molecule has 0 bridgehead atoms. The summed E-state index contributed by atoms with van der Waals surface area (Å²) in [7, 11) is 5.93. The van der Waals surface area contributed by atoms with Crippen LogP contribution >= 0.6 is 0 Å². The fraction of sp³-hybridized carbons (Fsp3) is 0.625. The number of nitrogens with zero attached hydrogens (tertiary/aromatic N) is 4. The average Bonchev–Trinajstić information content (AvgIpc) is 2.55. The molecular weight excluding hydrogens is 280 g/mol. The molecule has 0 saturated carbocycles. The summed E-state index contributed by atoms with van der Waals surface area (Å²) in [6.45, 7) is 2.21. The van der Waals surface area contributed by atoms with Gasteiger partial charge in [0.1, 0.15) is 6.04 Å². The van der Waals surface area contributed by atoms with Crippen LogP contribution in [0.25, 0.3) is 10.4 Å². The summed E-state index contributed by atoms with van der Waals surface area (Å²) in [4.78, 5) is 2.89. The molecule has 0 amide bonds. The molecule has 120 valence electrons. The van der Waals surface area contributed by atoms with Crippen LogP contribution in [-0.2, 0) is 9.47 Å². The van der Waals surface area contributed by atoms with E-state index in [0.29, 0.717) is 10.5 Å². The van der Waals surface area contributed by atoms with Crippen molar-refractivity contribution in [1.82, 2.24) is 0 Å². The molecule has 0 spiro atoms. The average molecular weight is 305 g/mol. The number of quaternary nitrogens is 1. The van der Waals surface area contributed by atoms with Crippen LogP contribution in [0, 0.1) is 0 Å². The molecule has 1 saturated heterocycles. The molecule has 1 fully saturated rings. The standard InChI is InChI=1S/C16H25N4O2/c1-12(13-8-6-5-7-9-13)20(2,3)15-11-10-14(18-19-17)16(21-4)22-15/h5-9,12,14-16H,10-11H2,1-4H3/q+1/t12-,14-,15+,16+/m0/s1. The number of methoxy groups -OCH3 is 1. The minimum Gasteiger partial charge on any atom is -0.355 e. The first-order chi connectivity index (χ1) is 10.5. The summed E-state index contributed by atoms with van der Waals surface area (Å²) in [6, 6.07) is 10.5. The molecule has 6 heteroatoms. The quantitative estimate of drug-likeness (QED) is 0.361. The molecule has 6 nitrogen and oxygen atoms in total. The first-order valence-corrected chi connectivity index (χ1v) is 7.61. The number of ether oxygens (including phenoxy) is 2. The van der Waals surface area contributed by atoms with Crippen molar-refractivity contribution >= 4 is 0 Å². The molecule has 22 heavy (non-hydrogen) atoms. The molecule has 0 aromatic heterocycles. The first-order valence-electron chi connectivity index (χ1n) is 7.61. The maximum atomic E-state index is 8.64. The summed E-state index contributed by atoms with van der Waals surface area (Å²) in [5.74, 6) is 0. The van der Waals surface area contributed by atoms with Crippen molar-refractivity contribution in [3.05, 3.63) is 46.3 Å². The number of azide groups is 1. The van der Waals surface area contributed by atoms with Crippen LogP contribution in [0.1, 0.15) is 31.4 Å². The Morgan fingerprint density at radius 2 is 2.00 bits per heavy atom. The molecule has 1 heterocycles. The van der Waals surface area contributed by atoms with Crippen LogP contribution in [0.2, 0.25) is 0 Å². The van der Waals surface area contributed by atoms with E-state index in [1.54, 1.807) is 7.11 Å². The Labute approximate surface area is 131 Å². The van der Waals surface area contributed by atoms with Gasteiger partial charge in [0, 0.05) is 24.0 Å². The van der Waals surface area contributed by atoms with Crippen LogP contribution in [0.15, 0.2) is 35.4 Å². The van der Waals surface area contributed by atoms with Crippen molar-refractivity contribution in [2.24, 2.45) is 5.11 Å². The largest absolute Gasteiger partial charge is 0.355 e. The number of hydrogen-bond acceptors (Lipinski definition) is 3. The Kier molecular flexibility index (Phi) is 5.42. The Balaban J connectivity index is 2.14. The van der Waals surface area contributed by atoms with Gasteiger partial charge in [0.15, 0.2) is 12.5 Å². The van der Waals surface area contributed by atoms with Gasteiger partial charge in [-0.3, -0.25) is 9.22 Å². The van der Waals surface area contributed by atoms with Gasteiger partial charge in [-0.15, -0.1) is 0 Å². The smallest absolute Gasteiger partial charge is 0.196 e. The van der Waals surface area contributed by atoms with E-state index < -0.39 is 6.29 Å². The highest BCUT2D eigenvalue weighted by molar-refractivity contribution is 5.16. The predicted molar refractivity (Wildman–Crippen MR) is 84.8 cm³/mol. The molecule has 0 aliphatic carbocycles. The molecule has 1 aromatic rings. The van der Waals surface area contributed by atoms with E-state index in [1.807, 2.05) is 6.07 Å². The van der Waals surface area contributed by atoms with E-state index in [1.165, 1.54) is 5.56 Å². The van der Waals surface area contributed by atoms with E-state index in [4.69, 9.17) is 15.0 Å². The second-order valence-electron chi connectivity index (χ2n) is 6.26. The minimum absolute atomic E-state index is 0.00491. The van der Waals surface area contributed by atoms with Crippen molar-refractivity contribution in [3.63, 3.8) is 0 Å². The molecule has 1 aliphatic rings. The third-order valence-electron chi connectivity index (χ3n) is 4.77. The summed E-state index contributed by atoms with van der Waals surface area (Å²) in [5, 5.41) is 3.78. The lowest BCUT2D eigenvalue weighted by Gasteiger charge is -2.46. The second kappa shape index (κ2) is 7.11. The van der Waals surface area contributed by atoms with Crippen molar-refractivity contribution in [2.45, 2.75) is 44.4 Å². The lowest BCUT2D eigenvalue weighted by atomic mass is 10.0. The van der Waals surface area contributed by atoms with Gasteiger partial charge in [-0.1, -0.05) is 35.4 Å². The number of benzene rings is 1. The molecular formula is C16H25N4O2+. The molecule has 0 radical (unpaired) electrons. The third kappa shape index (κ3) is 3.42. The molecule has 2 rings (SSSR count). The lowest BCUT2D eigenvalue weighted by Crippen LogP contribution is -2.56. The monoisotopic (exact) mass is 305 g/mol. The molecule has 0 N–H and O–H groups in total. The zero-order chi connectivity index (χ0) is 16.2. The SMILES string of the molecule is CO[C@@H]1O[C@@H]([N+](C)(C)[C@@H](C)c2ccccc2)CC[C@@H]1N=[N+]=[N-]. The Bertz CT molecular complexity index is 528. The van der Waals surface area contributed by atoms with E-state index in [2.05, 4.69) is 55.3 Å². The van der Waals surface area contributed by atoms with E-state index in [9.17, 15) is 0 Å². The molecule has 1 aromatic carbocycles. The zero-order valence-corrected chi connectivity index (χ0v) is 13.7. The topological polar surface area (TPSA) is 67.2 Å². The highest BCUT2D eigenvalue weighted by atomic mass is 16.7. The minimum atomic E-state index is -0.477. The summed E-state index contributed by atoms with van der Waals surface area (Å²) in [5.41, 5.74) is 9.92. The maximum Gasteiger partial charge on any atom is 0.196 e. The van der Waals surface area contributed by atoms with Gasteiger partial charge in [0.2, 0.25) is 0 Å². The van der Waals surface area contributed by atoms with Crippen molar-refractivity contribution in [2.75, 3.05) is 21.2 Å². The van der Waals surface area contributed by atoms with Crippen LogP contribution < -0.4 is 0 Å². The Morgan fingerprint density at radius 1 is 1.32 bits per heavy atom. The Morgan fingerprint density at radius 3 is 2.59 bits per heavy atom. The number of hydrogen-bond donors (Lipinski definition) is 0. The van der Waals surface area contributed by atoms with Crippen LogP contribution in [0.4, 0.5) is 0 Å². The zero-order valence-electron chi connectivity index (χ0n) is 13.7. The Hall–Kier alpha value is -1.59. The normalized spacial score (nSPS) is 27.0. The fourth-order valence-electron chi connectivity index (χ4n) is 3.01. The molecule has 1 aliphatic heterocycles. The van der Waals surface area contributed by atoms with Gasteiger partial charge < -0.3 is 4.74 Å². The van der Waals surface area contributed by atoms with Gasteiger partial charge in [-0.25, -0.2) is 0 Å². The summed E-state index contributed by atoms with van der Waals surface area (Å²) >= 11 is 0. The molecule has 0 unspecified atom stereocenters. The van der Waals surface area contributed by atoms with Gasteiger partial charge in [-0.05, 0) is 18.9 Å². The second-order valence-corrected chi connectivity index (χ2v) is 6.26.